The third kappa shape index (κ3) is 1.53. The first-order chi connectivity index (χ1) is 6.63. The van der Waals surface area contributed by atoms with Gasteiger partial charge in [0.2, 0.25) is 5.91 Å². The number of nitrogens with two attached hydrogens (primary N) is 1. The highest BCUT2D eigenvalue weighted by atomic mass is 16.5. The van der Waals surface area contributed by atoms with Crippen molar-refractivity contribution in [1.82, 2.24) is 4.90 Å². The second-order valence-electron chi connectivity index (χ2n) is 4.49. The highest BCUT2D eigenvalue weighted by molar-refractivity contribution is 5.84. The molecule has 14 heavy (non-hydrogen) atoms. The van der Waals surface area contributed by atoms with Crippen LogP contribution < -0.4 is 5.73 Å². The fourth-order valence-corrected chi connectivity index (χ4v) is 2.32. The van der Waals surface area contributed by atoms with E-state index in [0.29, 0.717) is 0 Å². The maximum absolute atomic E-state index is 11.8. The average Bonchev–Trinajstić information content (AvgIpc) is 2.49. The number of nitrogens with zero attached hydrogens (tertiary/aromatic N) is 1. The number of hydrogen-bond acceptors (Lipinski definition) is 3. The maximum atomic E-state index is 11.8. The lowest BCUT2D eigenvalue weighted by Crippen LogP contribution is -2.52. The molecule has 0 saturated carbocycles. The van der Waals surface area contributed by atoms with Gasteiger partial charge in [0.15, 0.2) is 0 Å². The zero-order valence-electron chi connectivity index (χ0n) is 8.66. The van der Waals surface area contributed by atoms with E-state index in [4.69, 9.17) is 10.5 Å². The average molecular weight is 198 g/mol. The Labute approximate surface area is 84.4 Å². The Morgan fingerprint density at radius 1 is 1.50 bits per heavy atom. The Bertz CT molecular complexity index is 236. The van der Waals surface area contributed by atoms with Gasteiger partial charge in [-0.15, -0.1) is 0 Å². The highest BCUT2D eigenvalue weighted by Crippen LogP contribution is 2.30. The molecule has 0 aliphatic carbocycles. The van der Waals surface area contributed by atoms with Crippen LogP contribution in [0.4, 0.5) is 0 Å². The van der Waals surface area contributed by atoms with Gasteiger partial charge in [-0.3, -0.25) is 4.79 Å². The minimum atomic E-state index is -0.269. The molecule has 0 spiro atoms. The van der Waals surface area contributed by atoms with Crippen molar-refractivity contribution >= 4 is 5.91 Å². The molecular formula is C10H18N2O2. The maximum Gasteiger partial charge on any atom is 0.240 e. The van der Waals surface area contributed by atoms with E-state index in [9.17, 15) is 4.79 Å². The predicted octanol–water partition coefficient (Wildman–Crippen LogP) is 0.115. The molecule has 1 atom stereocenters. The standard InChI is InChI=1S/C10H18N2O2/c1-10(3-6-14-7-4-10)12-5-2-8(11)9(12)13/h8H,2-7,11H2,1H3. The third-order valence-corrected chi connectivity index (χ3v) is 3.47. The number of rotatable bonds is 1. The van der Waals surface area contributed by atoms with Crippen molar-refractivity contribution in [3.05, 3.63) is 0 Å². The summed E-state index contributed by atoms with van der Waals surface area (Å²) in [6.07, 6.45) is 2.67. The Morgan fingerprint density at radius 3 is 2.64 bits per heavy atom. The van der Waals surface area contributed by atoms with Gasteiger partial charge in [-0.1, -0.05) is 0 Å². The molecule has 2 aliphatic rings. The van der Waals surface area contributed by atoms with Crippen LogP contribution in [0.2, 0.25) is 0 Å². The minimum absolute atomic E-state index is 0.0105. The van der Waals surface area contributed by atoms with Gasteiger partial charge in [0.05, 0.1) is 6.04 Å². The monoisotopic (exact) mass is 198 g/mol. The summed E-state index contributed by atoms with van der Waals surface area (Å²) >= 11 is 0. The molecule has 2 N–H and O–H groups in total. The first kappa shape index (κ1) is 9.93. The van der Waals surface area contributed by atoms with Gasteiger partial charge in [0.1, 0.15) is 0 Å². The van der Waals surface area contributed by atoms with Crippen molar-refractivity contribution in [1.29, 1.82) is 0 Å². The van der Waals surface area contributed by atoms with E-state index in [-0.39, 0.29) is 17.5 Å². The molecule has 2 rings (SSSR count). The fourth-order valence-electron chi connectivity index (χ4n) is 2.32. The summed E-state index contributed by atoms with van der Waals surface area (Å²) in [5.41, 5.74) is 5.70. The Balaban J connectivity index is 2.09. The van der Waals surface area contributed by atoms with Crippen LogP contribution in [0.3, 0.4) is 0 Å². The Morgan fingerprint density at radius 2 is 2.14 bits per heavy atom. The number of amides is 1. The summed E-state index contributed by atoms with van der Waals surface area (Å²) in [6, 6.07) is -0.269. The molecule has 0 aromatic rings. The molecule has 2 fully saturated rings. The predicted molar refractivity (Wildman–Crippen MR) is 52.8 cm³/mol. The summed E-state index contributed by atoms with van der Waals surface area (Å²) in [6.45, 7) is 4.48. The summed E-state index contributed by atoms with van der Waals surface area (Å²) in [7, 11) is 0. The van der Waals surface area contributed by atoms with E-state index < -0.39 is 0 Å². The molecule has 80 valence electrons. The summed E-state index contributed by atoms with van der Waals surface area (Å²) in [4.78, 5) is 13.7. The van der Waals surface area contributed by atoms with E-state index in [2.05, 4.69) is 6.92 Å². The van der Waals surface area contributed by atoms with E-state index in [1.165, 1.54) is 0 Å². The van der Waals surface area contributed by atoms with Gasteiger partial charge >= 0.3 is 0 Å². The largest absolute Gasteiger partial charge is 0.381 e. The van der Waals surface area contributed by atoms with Crippen LogP contribution in [-0.4, -0.2) is 42.1 Å². The number of likely N-dealkylation sites (tertiary alicyclic amines) is 1. The second kappa shape index (κ2) is 3.51. The molecule has 0 bridgehead atoms. The van der Waals surface area contributed by atoms with Crippen LogP contribution >= 0.6 is 0 Å². The van der Waals surface area contributed by atoms with Crippen molar-refractivity contribution in [2.45, 2.75) is 37.8 Å². The zero-order valence-corrected chi connectivity index (χ0v) is 8.66. The SMILES string of the molecule is CC1(N2CCC(N)C2=O)CCOCC1. The van der Waals surface area contributed by atoms with Crippen molar-refractivity contribution in [3.63, 3.8) is 0 Å². The van der Waals surface area contributed by atoms with E-state index in [1.54, 1.807) is 0 Å². The number of ether oxygens (including phenoxy) is 1. The van der Waals surface area contributed by atoms with Crippen molar-refractivity contribution in [2.75, 3.05) is 19.8 Å². The topological polar surface area (TPSA) is 55.6 Å². The summed E-state index contributed by atoms with van der Waals surface area (Å²) < 4.78 is 5.32. The summed E-state index contributed by atoms with van der Waals surface area (Å²) in [5.74, 6) is 0.120. The number of carbonyl (C=O) groups is 1. The zero-order chi connectivity index (χ0) is 10.2. The fraction of sp³-hybridized carbons (Fsp3) is 0.900. The Kier molecular flexibility index (Phi) is 2.49. The van der Waals surface area contributed by atoms with E-state index in [0.717, 1.165) is 39.0 Å². The molecule has 2 heterocycles. The van der Waals surface area contributed by atoms with Crippen LogP contribution in [0.25, 0.3) is 0 Å². The quantitative estimate of drug-likeness (QED) is 0.651. The normalized spacial score (nSPS) is 32.3. The van der Waals surface area contributed by atoms with Gasteiger partial charge < -0.3 is 15.4 Å². The van der Waals surface area contributed by atoms with Crippen LogP contribution in [-0.2, 0) is 9.53 Å². The highest BCUT2D eigenvalue weighted by Gasteiger charge is 2.41. The first-order valence-corrected chi connectivity index (χ1v) is 5.28. The molecule has 2 saturated heterocycles. The number of hydrogen-bond donors (Lipinski definition) is 1. The smallest absolute Gasteiger partial charge is 0.240 e. The van der Waals surface area contributed by atoms with Gasteiger partial charge in [-0.25, -0.2) is 0 Å². The Hall–Kier alpha value is -0.610. The number of carbonyl (C=O) groups excluding carboxylic acids is 1. The van der Waals surface area contributed by atoms with Crippen molar-refractivity contribution in [2.24, 2.45) is 5.73 Å². The van der Waals surface area contributed by atoms with Gasteiger partial charge in [-0.2, -0.15) is 0 Å². The van der Waals surface area contributed by atoms with Crippen LogP contribution in [0.5, 0.6) is 0 Å². The molecule has 2 aliphatic heterocycles. The van der Waals surface area contributed by atoms with Crippen LogP contribution in [0.1, 0.15) is 26.2 Å². The lowest BCUT2D eigenvalue weighted by Gasteiger charge is -2.41. The lowest BCUT2D eigenvalue weighted by atomic mass is 9.90. The van der Waals surface area contributed by atoms with E-state index in [1.807, 2.05) is 4.90 Å². The van der Waals surface area contributed by atoms with E-state index >= 15 is 0 Å². The van der Waals surface area contributed by atoms with Crippen LogP contribution in [0.15, 0.2) is 0 Å². The van der Waals surface area contributed by atoms with Gasteiger partial charge in [-0.05, 0) is 26.2 Å². The summed E-state index contributed by atoms with van der Waals surface area (Å²) in [5, 5.41) is 0. The first-order valence-electron chi connectivity index (χ1n) is 5.28. The lowest BCUT2D eigenvalue weighted by molar-refractivity contribution is -0.137. The van der Waals surface area contributed by atoms with Crippen molar-refractivity contribution < 1.29 is 9.53 Å². The molecule has 0 aromatic carbocycles. The van der Waals surface area contributed by atoms with Crippen molar-refractivity contribution in [3.8, 4) is 0 Å². The molecule has 1 amide bonds. The molecular weight excluding hydrogens is 180 g/mol. The molecule has 4 heteroatoms. The minimum Gasteiger partial charge on any atom is -0.381 e. The molecule has 0 radical (unpaired) electrons. The molecule has 4 nitrogen and oxygen atoms in total. The third-order valence-electron chi connectivity index (χ3n) is 3.47. The van der Waals surface area contributed by atoms with Crippen LogP contribution in [0, 0.1) is 0 Å². The van der Waals surface area contributed by atoms with Gasteiger partial charge in [0.25, 0.3) is 0 Å². The van der Waals surface area contributed by atoms with Gasteiger partial charge in [0, 0.05) is 25.3 Å². The molecule has 1 unspecified atom stereocenters. The molecule has 0 aromatic heterocycles. The second-order valence-corrected chi connectivity index (χ2v) is 4.49.